The molecular weight excluding hydrogens is 367 g/mol. The fourth-order valence-corrected chi connectivity index (χ4v) is 4.85. The average Bonchev–Trinajstić information content (AvgIpc) is 2.89. The smallest absolute Gasteiger partial charge is 0.223 e. The topological polar surface area (TPSA) is 32.8 Å². The summed E-state index contributed by atoms with van der Waals surface area (Å²) in [6.45, 7) is 3.43. The normalized spacial score (nSPS) is 22.8. The zero-order valence-electron chi connectivity index (χ0n) is 17.1. The van der Waals surface area contributed by atoms with Crippen LogP contribution < -0.4 is 4.74 Å². The first-order valence-electron chi connectivity index (χ1n) is 10.5. The number of rotatable bonds is 5. The standard InChI is InChI=1S/C24H29FN2O2/c1-29-22-8-6-19(7-9-22)17-26-14-3-11-24(13-15-26)12-10-23(28)27(24)18-20-4-2-5-21(25)16-20/h2,4-9,16H,3,10-15,17-18H2,1H3. The Hall–Kier alpha value is -2.40. The molecule has 0 aliphatic carbocycles. The molecule has 1 unspecified atom stereocenters. The van der Waals surface area contributed by atoms with E-state index in [4.69, 9.17) is 4.74 Å². The molecule has 2 aliphatic rings. The van der Waals surface area contributed by atoms with Gasteiger partial charge in [-0.15, -0.1) is 0 Å². The van der Waals surface area contributed by atoms with E-state index in [0.29, 0.717) is 13.0 Å². The second-order valence-electron chi connectivity index (χ2n) is 8.31. The monoisotopic (exact) mass is 396 g/mol. The van der Waals surface area contributed by atoms with Gasteiger partial charge in [0.1, 0.15) is 11.6 Å². The lowest BCUT2D eigenvalue weighted by molar-refractivity contribution is -0.132. The van der Waals surface area contributed by atoms with Crippen LogP contribution in [0.15, 0.2) is 48.5 Å². The zero-order valence-corrected chi connectivity index (χ0v) is 17.1. The van der Waals surface area contributed by atoms with Gasteiger partial charge in [-0.05, 0) is 67.6 Å². The van der Waals surface area contributed by atoms with Crippen LogP contribution in [-0.4, -0.2) is 41.4 Å². The van der Waals surface area contributed by atoms with Gasteiger partial charge in [0.05, 0.1) is 7.11 Å². The van der Waals surface area contributed by atoms with E-state index < -0.39 is 0 Å². The van der Waals surface area contributed by atoms with Gasteiger partial charge in [0.2, 0.25) is 5.91 Å². The van der Waals surface area contributed by atoms with Crippen molar-refractivity contribution in [2.75, 3.05) is 20.2 Å². The van der Waals surface area contributed by atoms with Crippen molar-refractivity contribution in [2.45, 2.75) is 50.7 Å². The quantitative estimate of drug-likeness (QED) is 0.752. The highest BCUT2D eigenvalue weighted by Gasteiger charge is 2.45. The van der Waals surface area contributed by atoms with Crippen molar-refractivity contribution in [3.05, 3.63) is 65.5 Å². The van der Waals surface area contributed by atoms with Gasteiger partial charge >= 0.3 is 0 Å². The molecule has 0 bridgehead atoms. The van der Waals surface area contributed by atoms with Crippen LogP contribution in [0.4, 0.5) is 4.39 Å². The van der Waals surface area contributed by atoms with E-state index in [-0.39, 0.29) is 17.3 Å². The van der Waals surface area contributed by atoms with Crippen molar-refractivity contribution in [2.24, 2.45) is 0 Å². The molecular formula is C24H29FN2O2. The largest absolute Gasteiger partial charge is 0.497 e. The molecule has 29 heavy (non-hydrogen) atoms. The van der Waals surface area contributed by atoms with Gasteiger partial charge in [0.15, 0.2) is 0 Å². The van der Waals surface area contributed by atoms with E-state index >= 15 is 0 Å². The fraction of sp³-hybridized carbons (Fsp3) is 0.458. The number of carbonyl (C=O) groups excluding carboxylic acids is 1. The fourth-order valence-electron chi connectivity index (χ4n) is 4.85. The molecule has 2 saturated heterocycles. The lowest BCUT2D eigenvalue weighted by Gasteiger charge is -2.38. The molecule has 0 saturated carbocycles. The summed E-state index contributed by atoms with van der Waals surface area (Å²) in [5.41, 5.74) is 2.07. The Morgan fingerprint density at radius 1 is 1.00 bits per heavy atom. The van der Waals surface area contributed by atoms with E-state index in [1.54, 1.807) is 19.2 Å². The first-order chi connectivity index (χ1) is 14.1. The lowest BCUT2D eigenvalue weighted by atomic mass is 9.87. The number of likely N-dealkylation sites (tertiary alicyclic amines) is 2. The predicted octanol–water partition coefficient (Wildman–Crippen LogP) is 4.38. The van der Waals surface area contributed by atoms with Crippen molar-refractivity contribution in [1.82, 2.24) is 9.80 Å². The van der Waals surface area contributed by atoms with Crippen LogP contribution in [0.5, 0.6) is 5.75 Å². The van der Waals surface area contributed by atoms with Crippen LogP contribution in [0.2, 0.25) is 0 Å². The van der Waals surface area contributed by atoms with Crippen LogP contribution in [0.3, 0.4) is 0 Å². The van der Waals surface area contributed by atoms with Gasteiger partial charge < -0.3 is 9.64 Å². The SMILES string of the molecule is COc1ccc(CN2CCCC3(CCC(=O)N3Cc3cccc(F)c3)CC2)cc1. The van der Waals surface area contributed by atoms with Crippen molar-refractivity contribution < 1.29 is 13.9 Å². The Morgan fingerprint density at radius 3 is 2.59 bits per heavy atom. The van der Waals surface area contributed by atoms with Crippen molar-refractivity contribution in [3.63, 3.8) is 0 Å². The number of nitrogens with zero attached hydrogens (tertiary/aromatic N) is 2. The molecule has 2 fully saturated rings. The minimum absolute atomic E-state index is 0.0853. The van der Waals surface area contributed by atoms with Gasteiger partial charge in [-0.2, -0.15) is 0 Å². The van der Waals surface area contributed by atoms with Crippen LogP contribution in [0.1, 0.15) is 43.2 Å². The van der Waals surface area contributed by atoms with Crippen molar-refractivity contribution in [1.29, 1.82) is 0 Å². The Balaban J connectivity index is 1.44. The van der Waals surface area contributed by atoms with Crippen molar-refractivity contribution in [3.8, 4) is 5.75 Å². The number of ether oxygens (including phenoxy) is 1. The summed E-state index contributed by atoms with van der Waals surface area (Å²) in [5, 5.41) is 0. The molecule has 1 spiro atoms. The summed E-state index contributed by atoms with van der Waals surface area (Å²) in [4.78, 5) is 17.2. The van der Waals surface area contributed by atoms with Crippen LogP contribution in [0, 0.1) is 5.82 Å². The number of benzene rings is 2. The number of methoxy groups -OCH3 is 1. The molecule has 4 rings (SSSR count). The third-order valence-corrected chi connectivity index (χ3v) is 6.48. The maximum atomic E-state index is 13.6. The highest BCUT2D eigenvalue weighted by molar-refractivity contribution is 5.79. The minimum Gasteiger partial charge on any atom is -0.497 e. The van der Waals surface area contributed by atoms with Gasteiger partial charge in [-0.3, -0.25) is 9.69 Å². The summed E-state index contributed by atoms with van der Waals surface area (Å²) in [6.07, 6.45) is 4.59. The molecule has 1 atom stereocenters. The third-order valence-electron chi connectivity index (χ3n) is 6.48. The second kappa shape index (κ2) is 8.54. The molecule has 1 amide bonds. The summed E-state index contributed by atoms with van der Waals surface area (Å²) in [7, 11) is 1.68. The van der Waals surface area contributed by atoms with Gasteiger partial charge in [-0.1, -0.05) is 24.3 Å². The van der Waals surface area contributed by atoms with E-state index in [9.17, 15) is 9.18 Å². The van der Waals surface area contributed by atoms with E-state index in [1.165, 1.54) is 11.6 Å². The Labute approximate surface area is 172 Å². The van der Waals surface area contributed by atoms with Gasteiger partial charge in [0.25, 0.3) is 0 Å². The molecule has 4 nitrogen and oxygen atoms in total. The Bertz CT molecular complexity index is 854. The highest BCUT2D eigenvalue weighted by atomic mass is 19.1. The lowest BCUT2D eigenvalue weighted by Crippen LogP contribution is -2.45. The van der Waals surface area contributed by atoms with E-state index in [1.807, 2.05) is 23.1 Å². The number of hydrogen-bond acceptors (Lipinski definition) is 3. The van der Waals surface area contributed by atoms with Crippen LogP contribution in [0.25, 0.3) is 0 Å². The first-order valence-corrected chi connectivity index (χ1v) is 10.5. The van der Waals surface area contributed by atoms with Crippen LogP contribution >= 0.6 is 0 Å². The number of amides is 1. The summed E-state index contributed by atoms with van der Waals surface area (Å²) >= 11 is 0. The number of carbonyl (C=O) groups is 1. The summed E-state index contributed by atoms with van der Waals surface area (Å²) < 4.78 is 18.9. The number of hydrogen-bond donors (Lipinski definition) is 0. The summed E-state index contributed by atoms with van der Waals surface area (Å²) in [6, 6.07) is 14.9. The maximum Gasteiger partial charge on any atom is 0.223 e. The molecule has 0 radical (unpaired) electrons. The molecule has 5 heteroatoms. The molecule has 0 N–H and O–H groups in total. The van der Waals surface area contributed by atoms with Crippen molar-refractivity contribution >= 4 is 5.91 Å². The van der Waals surface area contributed by atoms with Gasteiger partial charge in [0, 0.05) is 31.6 Å². The zero-order chi connectivity index (χ0) is 20.3. The molecule has 2 aliphatic heterocycles. The Morgan fingerprint density at radius 2 is 1.83 bits per heavy atom. The second-order valence-corrected chi connectivity index (χ2v) is 8.31. The molecule has 2 aromatic carbocycles. The number of halogens is 1. The predicted molar refractivity (Wildman–Crippen MR) is 111 cm³/mol. The van der Waals surface area contributed by atoms with Crippen LogP contribution in [-0.2, 0) is 17.9 Å². The maximum absolute atomic E-state index is 13.6. The molecule has 0 aromatic heterocycles. The van der Waals surface area contributed by atoms with Gasteiger partial charge in [-0.25, -0.2) is 4.39 Å². The minimum atomic E-state index is -0.241. The molecule has 154 valence electrons. The van der Waals surface area contributed by atoms with E-state index in [2.05, 4.69) is 17.0 Å². The highest BCUT2D eigenvalue weighted by Crippen LogP contribution is 2.40. The molecule has 2 aromatic rings. The average molecular weight is 397 g/mol. The molecule has 2 heterocycles. The summed E-state index contributed by atoms with van der Waals surface area (Å²) in [5.74, 6) is 0.841. The third kappa shape index (κ3) is 4.45. The van der Waals surface area contributed by atoms with E-state index in [0.717, 1.165) is 56.6 Å². The Kier molecular flexibility index (Phi) is 5.86. The first kappa shape index (κ1) is 19.9.